The number of nitrogens with zero attached hydrogens (tertiary/aromatic N) is 4. The molecule has 2 bridgehead atoms. The van der Waals surface area contributed by atoms with Crippen molar-refractivity contribution >= 4 is 17.0 Å². The first kappa shape index (κ1) is 29.5. The predicted octanol–water partition coefficient (Wildman–Crippen LogP) is 6.82. The van der Waals surface area contributed by atoms with E-state index in [9.17, 15) is 14.3 Å². The van der Waals surface area contributed by atoms with Crippen molar-refractivity contribution < 1.29 is 32.5 Å². The van der Waals surface area contributed by atoms with Crippen molar-refractivity contribution in [1.82, 2.24) is 14.5 Å². The first-order valence-corrected chi connectivity index (χ1v) is 14.7. The van der Waals surface area contributed by atoms with Gasteiger partial charge in [-0.25, -0.2) is 27.9 Å². The first-order valence-electron chi connectivity index (χ1n) is 14.7. The standard InChI is InChI=1S/C35H27F3N4O4/c1-34-16-35(17-34,46-19-34)18-42-30-11-21(33(43)44)7-8-29(30)40-31(42)12-23-10-27(38)24(13-26(23)37)28-3-2-4-32(41-28)45-15-22-6-5-20(14-39)9-25(22)36/h2-11,13H,12,15-19H2,1H3,(H,43,44). The van der Waals surface area contributed by atoms with Crippen LogP contribution in [0.15, 0.2) is 66.7 Å². The summed E-state index contributed by atoms with van der Waals surface area (Å²) < 4.78 is 59.1. The lowest BCUT2D eigenvalue weighted by Crippen LogP contribution is -2.45. The van der Waals surface area contributed by atoms with Crippen molar-refractivity contribution in [2.24, 2.45) is 5.41 Å². The molecule has 8 rings (SSSR count). The molecule has 0 spiro atoms. The second kappa shape index (κ2) is 11.0. The predicted molar refractivity (Wildman–Crippen MR) is 161 cm³/mol. The molecule has 2 saturated heterocycles. The lowest BCUT2D eigenvalue weighted by molar-refractivity contribution is -0.0260. The molecular formula is C35H27F3N4O4. The number of benzene rings is 3. The van der Waals surface area contributed by atoms with Gasteiger partial charge in [-0.2, -0.15) is 5.26 Å². The summed E-state index contributed by atoms with van der Waals surface area (Å²) in [4.78, 5) is 20.7. The molecule has 5 aromatic rings. The number of hydrogen-bond acceptors (Lipinski definition) is 6. The van der Waals surface area contributed by atoms with E-state index in [1.807, 2.05) is 10.6 Å². The second-order valence-corrected chi connectivity index (χ2v) is 12.4. The number of aromatic nitrogens is 3. The fraction of sp³-hybridized carbons (Fsp3) is 0.257. The molecule has 0 atom stereocenters. The van der Waals surface area contributed by atoms with Crippen LogP contribution in [0.5, 0.6) is 5.88 Å². The maximum Gasteiger partial charge on any atom is 0.335 e. The van der Waals surface area contributed by atoms with Gasteiger partial charge in [0, 0.05) is 23.6 Å². The Morgan fingerprint density at radius 1 is 1.02 bits per heavy atom. The van der Waals surface area contributed by atoms with E-state index in [-0.39, 0.29) is 57.8 Å². The van der Waals surface area contributed by atoms with Crippen LogP contribution in [0.25, 0.3) is 22.3 Å². The van der Waals surface area contributed by atoms with Crippen molar-refractivity contribution in [3.8, 4) is 23.2 Å². The number of fused-ring (bicyclic) bond motifs is 2. The highest BCUT2D eigenvalue weighted by molar-refractivity contribution is 5.92. The molecular weight excluding hydrogens is 597 g/mol. The molecule has 2 aromatic heterocycles. The van der Waals surface area contributed by atoms with Crippen LogP contribution in [0, 0.1) is 34.2 Å². The molecule has 1 saturated carbocycles. The Kier molecular flexibility index (Phi) is 7.05. The van der Waals surface area contributed by atoms with E-state index in [4.69, 9.17) is 19.7 Å². The third-order valence-electron chi connectivity index (χ3n) is 8.79. The number of rotatable bonds is 9. The molecule has 0 amide bonds. The Morgan fingerprint density at radius 3 is 2.54 bits per heavy atom. The van der Waals surface area contributed by atoms with Crippen LogP contribution in [0.3, 0.4) is 0 Å². The zero-order valence-electron chi connectivity index (χ0n) is 24.7. The molecule has 2 aliphatic heterocycles. The van der Waals surface area contributed by atoms with E-state index < -0.39 is 29.0 Å². The van der Waals surface area contributed by atoms with Crippen LogP contribution in [-0.4, -0.2) is 37.8 Å². The number of imidazole rings is 1. The third-order valence-corrected chi connectivity index (χ3v) is 8.79. The molecule has 3 fully saturated rings. The fourth-order valence-corrected chi connectivity index (χ4v) is 6.72. The molecule has 0 radical (unpaired) electrons. The van der Waals surface area contributed by atoms with E-state index >= 15 is 8.78 Å². The number of hydrogen-bond donors (Lipinski definition) is 1. The van der Waals surface area contributed by atoms with Crippen LogP contribution in [-0.2, 0) is 24.3 Å². The highest BCUT2D eigenvalue weighted by Gasteiger charge is 2.59. The molecule has 232 valence electrons. The van der Waals surface area contributed by atoms with E-state index in [2.05, 4.69) is 11.9 Å². The molecule has 11 heteroatoms. The molecule has 3 aromatic carbocycles. The SMILES string of the molecule is CC12COC(Cn3c(Cc4cc(F)c(-c5cccc(OCc6ccc(C#N)cc6F)n5)cc4F)nc4ccc(C(=O)O)cc43)(C1)C2. The summed E-state index contributed by atoms with van der Waals surface area (Å²) in [6, 6.07) is 17.3. The number of ether oxygens (including phenoxy) is 2. The lowest BCUT2D eigenvalue weighted by Gasteiger charge is -2.43. The van der Waals surface area contributed by atoms with Gasteiger partial charge in [-0.05, 0) is 72.4 Å². The van der Waals surface area contributed by atoms with Crippen molar-refractivity contribution in [2.45, 2.75) is 44.9 Å². The van der Waals surface area contributed by atoms with E-state index in [0.717, 1.165) is 31.0 Å². The summed E-state index contributed by atoms with van der Waals surface area (Å²) in [7, 11) is 0. The van der Waals surface area contributed by atoms with Crippen LogP contribution in [0.1, 0.15) is 52.6 Å². The van der Waals surface area contributed by atoms with Gasteiger partial charge in [0.25, 0.3) is 0 Å². The minimum absolute atomic E-state index is 0.0415. The molecule has 1 aliphatic carbocycles. The average Bonchev–Trinajstić information content (AvgIpc) is 3.65. The van der Waals surface area contributed by atoms with Crippen LogP contribution in [0.2, 0.25) is 0 Å². The van der Waals surface area contributed by atoms with Crippen molar-refractivity contribution in [2.75, 3.05) is 6.61 Å². The number of aromatic carboxylic acids is 1. The average molecular weight is 625 g/mol. The van der Waals surface area contributed by atoms with Gasteiger partial charge in [0.1, 0.15) is 29.9 Å². The Balaban J connectivity index is 1.16. The van der Waals surface area contributed by atoms with Gasteiger partial charge in [-0.15, -0.1) is 0 Å². The number of carbonyl (C=O) groups is 1. The largest absolute Gasteiger partial charge is 0.478 e. The summed E-state index contributed by atoms with van der Waals surface area (Å²) in [6.45, 7) is 3.05. The van der Waals surface area contributed by atoms with Gasteiger partial charge in [-0.1, -0.05) is 19.1 Å². The van der Waals surface area contributed by atoms with Crippen molar-refractivity contribution in [3.05, 3.63) is 112 Å². The maximum absolute atomic E-state index is 15.6. The smallest absolute Gasteiger partial charge is 0.335 e. The Morgan fingerprint density at radius 2 is 1.83 bits per heavy atom. The highest BCUT2D eigenvalue weighted by atomic mass is 19.1. The van der Waals surface area contributed by atoms with Gasteiger partial charge >= 0.3 is 5.97 Å². The Bertz CT molecular complexity index is 2080. The zero-order valence-corrected chi connectivity index (χ0v) is 24.7. The van der Waals surface area contributed by atoms with Gasteiger partial charge in [0.05, 0.1) is 52.7 Å². The number of pyridine rings is 1. The zero-order chi connectivity index (χ0) is 32.2. The third kappa shape index (κ3) is 5.35. The topological polar surface area (TPSA) is 110 Å². The summed E-state index contributed by atoms with van der Waals surface area (Å²) in [5.74, 6) is -2.50. The minimum atomic E-state index is -1.07. The molecule has 0 unspecified atom stereocenters. The minimum Gasteiger partial charge on any atom is -0.478 e. The number of carboxylic acids is 1. The van der Waals surface area contributed by atoms with Gasteiger partial charge in [0.2, 0.25) is 5.88 Å². The molecule has 8 nitrogen and oxygen atoms in total. The number of halogens is 3. The molecule has 3 aliphatic rings. The van der Waals surface area contributed by atoms with Gasteiger partial charge in [0.15, 0.2) is 0 Å². The summed E-state index contributed by atoms with van der Waals surface area (Å²) in [5, 5.41) is 18.5. The van der Waals surface area contributed by atoms with Gasteiger partial charge in [-0.3, -0.25) is 0 Å². The van der Waals surface area contributed by atoms with E-state index in [1.165, 1.54) is 30.3 Å². The Labute approximate surface area is 261 Å². The monoisotopic (exact) mass is 624 g/mol. The lowest BCUT2D eigenvalue weighted by atomic mass is 9.64. The summed E-state index contributed by atoms with van der Waals surface area (Å²) >= 11 is 0. The summed E-state index contributed by atoms with van der Waals surface area (Å²) in [5.41, 5.74) is 1.46. The normalized spacial score (nSPS) is 20.0. The van der Waals surface area contributed by atoms with Crippen LogP contribution in [0.4, 0.5) is 13.2 Å². The second-order valence-electron chi connectivity index (χ2n) is 12.4. The van der Waals surface area contributed by atoms with E-state index in [0.29, 0.717) is 30.0 Å². The fourth-order valence-electron chi connectivity index (χ4n) is 6.72. The maximum atomic E-state index is 15.6. The number of nitriles is 1. The van der Waals surface area contributed by atoms with E-state index in [1.54, 1.807) is 18.2 Å². The number of carboxylic acid groups (broad SMARTS) is 1. The molecule has 46 heavy (non-hydrogen) atoms. The first-order chi connectivity index (χ1) is 22.0. The molecule has 1 N–H and O–H groups in total. The van der Waals surface area contributed by atoms with Crippen LogP contribution >= 0.6 is 0 Å². The Hall–Kier alpha value is -5.21. The highest BCUT2D eigenvalue weighted by Crippen LogP contribution is 2.58. The quantitative estimate of drug-likeness (QED) is 0.192. The van der Waals surface area contributed by atoms with Crippen LogP contribution < -0.4 is 4.74 Å². The van der Waals surface area contributed by atoms with Crippen molar-refractivity contribution in [3.63, 3.8) is 0 Å². The molecule has 4 heterocycles. The summed E-state index contributed by atoms with van der Waals surface area (Å²) in [6.07, 6.45) is 1.67. The van der Waals surface area contributed by atoms with Crippen molar-refractivity contribution in [1.29, 1.82) is 5.26 Å². The van der Waals surface area contributed by atoms with Gasteiger partial charge < -0.3 is 19.1 Å².